The fourth-order valence-electron chi connectivity index (χ4n) is 3.85. The van der Waals surface area contributed by atoms with Gasteiger partial charge in [0.25, 0.3) is 5.91 Å². The van der Waals surface area contributed by atoms with Crippen LogP contribution in [0.1, 0.15) is 15.9 Å². The van der Waals surface area contributed by atoms with E-state index in [1.54, 1.807) is 42.2 Å². The lowest BCUT2D eigenvalue weighted by Crippen LogP contribution is -2.26. The van der Waals surface area contributed by atoms with E-state index in [9.17, 15) is 15.0 Å². The van der Waals surface area contributed by atoms with E-state index in [1.165, 1.54) is 17.0 Å². The third kappa shape index (κ3) is 3.51. The number of hydrogen-bond acceptors (Lipinski definition) is 6. The van der Waals surface area contributed by atoms with Crippen molar-refractivity contribution >= 4 is 11.6 Å². The van der Waals surface area contributed by atoms with E-state index >= 15 is 0 Å². The van der Waals surface area contributed by atoms with Gasteiger partial charge in [-0.15, -0.1) is 0 Å². The highest BCUT2D eigenvalue weighted by Crippen LogP contribution is 2.38. The van der Waals surface area contributed by atoms with E-state index in [1.807, 2.05) is 31.2 Å². The zero-order chi connectivity index (χ0) is 23.1. The van der Waals surface area contributed by atoms with Crippen molar-refractivity contribution in [2.45, 2.75) is 6.92 Å². The number of ether oxygens (including phenoxy) is 2. The van der Waals surface area contributed by atoms with Crippen molar-refractivity contribution in [3.05, 3.63) is 78.0 Å². The maximum absolute atomic E-state index is 13.3. The Morgan fingerprint density at radius 2 is 1.79 bits per heavy atom. The van der Waals surface area contributed by atoms with Gasteiger partial charge in [0.05, 0.1) is 23.1 Å². The molecule has 0 saturated carbocycles. The zero-order valence-electron chi connectivity index (χ0n) is 18.0. The van der Waals surface area contributed by atoms with Gasteiger partial charge in [-0.2, -0.15) is 5.10 Å². The molecule has 0 bridgehead atoms. The fraction of sp³-hybridized carbons (Fsp3) is 0.120. The van der Waals surface area contributed by atoms with E-state index < -0.39 is 5.91 Å². The molecule has 0 unspecified atom stereocenters. The van der Waals surface area contributed by atoms with Crippen LogP contribution in [0.3, 0.4) is 0 Å². The molecule has 33 heavy (non-hydrogen) atoms. The van der Waals surface area contributed by atoms with Gasteiger partial charge in [0.1, 0.15) is 11.5 Å². The highest BCUT2D eigenvalue weighted by molar-refractivity contribution is 6.08. The quantitative estimate of drug-likeness (QED) is 0.489. The number of para-hydroxylation sites is 1. The summed E-state index contributed by atoms with van der Waals surface area (Å²) >= 11 is 0. The molecule has 1 aliphatic heterocycles. The summed E-state index contributed by atoms with van der Waals surface area (Å²) in [6, 6.07) is 17.3. The van der Waals surface area contributed by atoms with Crippen LogP contribution in [0.25, 0.3) is 16.9 Å². The van der Waals surface area contributed by atoms with Crippen LogP contribution in [0.15, 0.2) is 66.9 Å². The number of carbonyl (C=O) groups is 1. The summed E-state index contributed by atoms with van der Waals surface area (Å²) in [5.41, 5.74) is 3.41. The topological polar surface area (TPSA) is 97.1 Å². The summed E-state index contributed by atoms with van der Waals surface area (Å²) < 4.78 is 12.4. The molecule has 4 aromatic rings. The number of carbonyl (C=O) groups excluding carboxylic acids is 1. The minimum absolute atomic E-state index is 0.0421. The Morgan fingerprint density at radius 3 is 2.61 bits per heavy atom. The lowest BCUT2D eigenvalue weighted by atomic mass is 10.0. The molecular formula is C25H21N3O5. The molecule has 0 fully saturated rings. The lowest BCUT2D eigenvalue weighted by Gasteiger charge is -2.19. The Kier molecular flexibility index (Phi) is 4.90. The maximum atomic E-state index is 13.3. The third-order valence-electron chi connectivity index (χ3n) is 5.65. The van der Waals surface area contributed by atoms with Gasteiger partial charge in [0.2, 0.25) is 6.79 Å². The molecule has 0 aliphatic carbocycles. The molecule has 8 nitrogen and oxygen atoms in total. The minimum atomic E-state index is -0.449. The molecule has 0 saturated heterocycles. The number of phenolic OH excluding ortho intramolecular Hbond substituents is 2. The number of hydrogen-bond donors (Lipinski definition) is 2. The van der Waals surface area contributed by atoms with Gasteiger partial charge in [-0.3, -0.25) is 4.79 Å². The van der Waals surface area contributed by atoms with Crippen molar-refractivity contribution in [1.29, 1.82) is 0 Å². The lowest BCUT2D eigenvalue weighted by molar-refractivity contribution is 0.0990. The zero-order valence-corrected chi connectivity index (χ0v) is 18.0. The summed E-state index contributed by atoms with van der Waals surface area (Å²) in [6.07, 6.45) is 1.62. The van der Waals surface area contributed by atoms with Crippen LogP contribution in [0, 0.1) is 6.92 Å². The predicted molar refractivity (Wildman–Crippen MR) is 122 cm³/mol. The van der Waals surface area contributed by atoms with Crippen LogP contribution in [0.5, 0.6) is 23.0 Å². The van der Waals surface area contributed by atoms with E-state index in [0.717, 1.165) is 11.3 Å². The van der Waals surface area contributed by atoms with E-state index in [-0.39, 0.29) is 23.9 Å². The number of fused-ring (bicyclic) bond motifs is 1. The van der Waals surface area contributed by atoms with Gasteiger partial charge in [0.15, 0.2) is 11.5 Å². The first-order valence-electron chi connectivity index (χ1n) is 10.3. The first-order valence-corrected chi connectivity index (χ1v) is 10.3. The molecule has 8 heteroatoms. The second-order valence-corrected chi connectivity index (χ2v) is 7.70. The summed E-state index contributed by atoms with van der Waals surface area (Å²) in [5.74, 6) is 0.222. The van der Waals surface area contributed by atoms with Crippen LogP contribution >= 0.6 is 0 Å². The standard InChI is InChI=1S/C25H21N3O5/c1-15-5-3-4-6-19(15)28-20(9-10-26-28)17-12-18(22(30)13-21(17)29)25(31)27(2)16-7-8-23-24(11-16)33-14-32-23/h3-13,29-30H,14H2,1-2H3. The predicted octanol–water partition coefficient (Wildman–Crippen LogP) is 4.26. The molecular weight excluding hydrogens is 422 g/mol. The normalized spacial score (nSPS) is 12.1. The van der Waals surface area contributed by atoms with Gasteiger partial charge >= 0.3 is 0 Å². The number of phenols is 2. The average Bonchev–Trinajstić information content (AvgIpc) is 3.47. The van der Waals surface area contributed by atoms with Crippen molar-refractivity contribution in [2.75, 3.05) is 18.7 Å². The highest BCUT2D eigenvalue weighted by atomic mass is 16.7. The smallest absolute Gasteiger partial charge is 0.261 e. The molecule has 1 aliphatic rings. The first-order chi connectivity index (χ1) is 15.9. The second-order valence-electron chi connectivity index (χ2n) is 7.70. The Hall–Kier alpha value is -4.46. The van der Waals surface area contributed by atoms with E-state index in [4.69, 9.17) is 9.47 Å². The summed E-state index contributed by atoms with van der Waals surface area (Å²) in [6.45, 7) is 2.10. The molecule has 0 spiro atoms. The van der Waals surface area contributed by atoms with Gasteiger partial charge in [-0.1, -0.05) is 18.2 Å². The second kappa shape index (κ2) is 7.90. The number of aromatic hydroxyl groups is 2. The maximum Gasteiger partial charge on any atom is 0.261 e. The number of benzene rings is 3. The molecule has 1 aromatic heterocycles. The number of rotatable bonds is 4. The van der Waals surface area contributed by atoms with E-state index in [0.29, 0.717) is 28.4 Å². The largest absolute Gasteiger partial charge is 0.507 e. The Balaban J connectivity index is 1.55. The van der Waals surface area contributed by atoms with Gasteiger partial charge in [-0.25, -0.2) is 4.68 Å². The monoisotopic (exact) mass is 443 g/mol. The SMILES string of the molecule is Cc1ccccc1-n1nccc1-c1cc(C(=O)N(C)c2ccc3c(c2)OCO3)c(O)cc1O. The molecule has 0 atom stereocenters. The number of aromatic nitrogens is 2. The molecule has 2 heterocycles. The van der Waals surface area contributed by atoms with Crippen molar-refractivity contribution in [2.24, 2.45) is 0 Å². The van der Waals surface area contributed by atoms with E-state index in [2.05, 4.69) is 5.10 Å². The van der Waals surface area contributed by atoms with Gasteiger partial charge in [0, 0.05) is 30.4 Å². The van der Waals surface area contributed by atoms with Crippen molar-refractivity contribution < 1.29 is 24.5 Å². The number of aryl methyl sites for hydroxylation is 1. The number of nitrogens with zero attached hydrogens (tertiary/aromatic N) is 3. The fourth-order valence-corrected chi connectivity index (χ4v) is 3.85. The number of amides is 1. The Bertz CT molecular complexity index is 1380. The molecule has 0 radical (unpaired) electrons. The minimum Gasteiger partial charge on any atom is -0.507 e. The van der Waals surface area contributed by atoms with Gasteiger partial charge < -0.3 is 24.6 Å². The van der Waals surface area contributed by atoms with Crippen LogP contribution in [-0.2, 0) is 0 Å². The molecule has 1 amide bonds. The van der Waals surface area contributed by atoms with Crippen LogP contribution in [-0.4, -0.2) is 39.7 Å². The van der Waals surface area contributed by atoms with Gasteiger partial charge in [-0.05, 0) is 42.8 Å². The van der Waals surface area contributed by atoms with Crippen molar-refractivity contribution in [1.82, 2.24) is 9.78 Å². The molecule has 166 valence electrons. The summed E-state index contributed by atoms with van der Waals surface area (Å²) in [4.78, 5) is 14.7. The molecule has 3 aromatic carbocycles. The first kappa shape index (κ1) is 20.4. The third-order valence-corrected chi connectivity index (χ3v) is 5.65. The highest BCUT2D eigenvalue weighted by Gasteiger charge is 2.23. The van der Waals surface area contributed by atoms with Crippen LogP contribution in [0.4, 0.5) is 5.69 Å². The van der Waals surface area contributed by atoms with Crippen molar-refractivity contribution in [3.63, 3.8) is 0 Å². The molecule has 5 rings (SSSR count). The van der Waals surface area contributed by atoms with Crippen LogP contribution in [0.2, 0.25) is 0 Å². The number of anilines is 1. The Labute approximate surface area is 189 Å². The summed E-state index contributed by atoms with van der Waals surface area (Å²) in [7, 11) is 1.60. The molecule has 2 N–H and O–H groups in total. The van der Waals surface area contributed by atoms with Crippen LogP contribution < -0.4 is 14.4 Å². The Morgan fingerprint density at radius 1 is 1.00 bits per heavy atom. The average molecular weight is 443 g/mol. The summed E-state index contributed by atoms with van der Waals surface area (Å²) in [5, 5.41) is 25.5. The van der Waals surface area contributed by atoms with Crippen molar-refractivity contribution in [3.8, 4) is 39.9 Å².